The molecule has 0 bridgehead atoms. The Bertz CT molecular complexity index is 1570. The zero-order valence-electron chi connectivity index (χ0n) is 23.6. The first kappa shape index (κ1) is 28.6. The molecule has 1 saturated heterocycles. The van der Waals surface area contributed by atoms with Gasteiger partial charge in [0.05, 0.1) is 37.3 Å². The predicted molar refractivity (Wildman–Crippen MR) is 159 cm³/mol. The van der Waals surface area contributed by atoms with Crippen LogP contribution < -0.4 is 20.1 Å². The van der Waals surface area contributed by atoms with E-state index in [4.69, 9.17) is 19.2 Å². The Morgan fingerprint density at radius 2 is 1.67 bits per heavy atom. The van der Waals surface area contributed by atoms with Gasteiger partial charge < -0.3 is 24.8 Å². The number of methoxy groups -OCH3 is 3. The van der Waals surface area contributed by atoms with E-state index in [2.05, 4.69) is 20.5 Å². The fourth-order valence-corrected chi connectivity index (χ4v) is 4.97. The van der Waals surface area contributed by atoms with Crippen molar-refractivity contribution in [2.24, 2.45) is 0 Å². The predicted octanol–water partition coefficient (Wildman–Crippen LogP) is 5.16. The van der Waals surface area contributed by atoms with Crippen molar-refractivity contribution in [2.75, 3.05) is 45.1 Å². The van der Waals surface area contributed by atoms with E-state index in [-0.39, 0.29) is 11.7 Å². The number of rotatable bonds is 10. The van der Waals surface area contributed by atoms with Crippen LogP contribution in [0.1, 0.15) is 28.8 Å². The van der Waals surface area contributed by atoms with Crippen molar-refractivity contribution >= 4 is 40.0 Å². The molecule has 1 fully saturated rings. The quantitative estimate of drug-likeness (QED) is 0.148. The molecule has 0 amide bonds. The molecule has 1 aliphatic heterocycles. The molecule has 4 aromatic rings. The Hall–Kier alpha value is -4.97. The first-order valence-corrected chi connectivity index (χ1v) is 13.5. The molecular weight excluding hydrogens is 540 g/mol. The third kappa shape index (κ3) is 6.66. The van der Waals surface area contributed by atoms with E-state index in [1.807, 2.05) is 18.2 Å². The molecular formula is C30H32N6O6. The summed E-state index contributed by atoms with van der Waals surface area (Å²) >= 11 is 0. The number of carbonyl (C=O) groups excluding carboxylic acids is 1. The average molecular weight is 573 g/mol. The highest BCUT2D eigenvalue weighted by atomic mass is 16.6. The number of esters is 1. The van der Waals surface area contributed by atoms with Crippen molar-refractivity contribution < 1.29 is 23.9 Å². The maximum absolute atomic E-state index is 11.8. The summed E-state index contributed by atoms with van der Waals surface area (Å²) in [5.41, 5.74) is 2.70. The van der Waals surface area contributed by atoms with Crippen LogP contribution in [0.5, 0.6) is 11.5 Å². The van der Waals surface area contributed by atoms with Gasteiger partial charge in [-0.05, 0) is 60.9 Å². The van der Waals surface area contributed by atoms with Gasteiger partial charge in [0.2, 0.25) is 5.95 Å². The molecule has 0 atom stereocenters. The standard InChI is InChI=1S/C30H32N6O6/c1-40-24-14-19(15-25(17-24)41-2)18-35-12-10-22(11-13-35)32-30-33-27-9-8-23(36(38)39)16-26(27)28(34-30)31-21-6-4-20(5-7-21)29(37)42-3/h4-9,14-17,22H,10-13,18H2,1-3H3,(H2,31,32,33,34). The lowest BCUT2D eigenvalue weighted by molar-refractivity contribution is -0.384. The Kier molecular flexibility index (Phi) is 8.63. The molecule has 0 unspecified atom stereocenters. The number of hydrogen-bond acceptors (Lipinski definition) is 11. The minimum Gasteiger partial charge on any atom is -0.497 e. The number of nitro groups is 1. The van der Waals surface area contributed by atoms with Crippen LogP contribution in [-0.4, -0.2) is 66.2 Å². The molecule has 42 heavy (non-hydrogen) atoms. The minimum atomic E-state index is -0.448. The molecule has 2 heterocycles. The first-order valence-electron chi connectivity index (χ1n) is 13.5. The number of aromatic nitrogens is 2. The molecule has 0 aliphatic carbocycles. The van der Waals surface area contributed by atoms with Crippen LogP contribution in [0.15, 0.2) is 60.7 Å². The van der Waals surface area contributed by atoms with Gasteiger partial charge in [-0.1, -0.05) is 0 Å². The second-order valence-electron chi connectivity index (χ2n) is 9.96. The number of piperidine rings is 1. The fraction of sp³-hybridized carbons (Fsp3) is 0.300. The molecule has 1 aliphatic rings. The topological polar surface area (TPSA) is 141 Å². The summed E-state index contributed by atoms with van der Waals surface area (Å²) < 4.78 is 15.6. The number of anilines is 3. The van der Waals surface area contributed by atoms with Crippen molar-refractivity contribution in [3.8, 4) is 11.5 Å². The van der Waals surface area contributed by atoms with Crippen molar-refractivity contribution in [3.63, 3.8) is 0 Å². The normalized spacial score (nSPS) is 13.9. The highest BCUT2D eigenvalue weighted by Crippen LogP contribution is 2.30. The monoisotopic (exact) mass is 572 g/mol. The van der Waals surface area contributed by atoms with E-state index in [9.17, 15) is 14.9 Å². The molecule has 3 aromatic carbocycles. The molecule has 2 N–H and O–H groups in total. The van der Waals surface area contributed by atoms with Crippen molar-refractivity contribution in [2.45, 2.75) is 25.4 Å². The van der Waals surface area contributed by atoms with E-state index in [1.165, 1.54) is 19.2 Å². The number of fused-ring (bicyclic) bond motifs is 1. The van der Waals surface area contributed by atoms with Crippen LogP contribution in [0, 0.1) is 10.1 Å². The summed E-state index contributed by atoms with van der Waals surface area (Å²) in [6.07, 6.45) is 1.78. The number of nitrogens with one attached hydrogen (secondary N) is 2. The minimum absolute atomic E-state index is 0.0584. The zero-order valence-corrected chi connectivity index (χ0v) is 23.6. The van der Waals surface area contributed by atoms with Crippen LogP contribution in [-0.2, 0) is 11.3 Å². The molecule has 0 spiro atoms. The number of ether oxygens (including phenoxy) is 3. The Balaban J connectivity index is 1.31. The Morgan fingerprint density at radius 3 is 2.29 bits per heavy atom. The van der Waals surface area contributed by atoms with Gasteiger partial charge in [0, 0.05) is 54.9 Å². The van der Waals surface area contributed by atoms with Crippen LogP contribution in [0.4, 0.5) is 23.1 Å². The molecule has 12 heteroatoms. The van der Waals surface area contributed by atoms with E-state index in [0.717, 1.165) is 49.5 Å². The fourth-order valence-electron chi connectivity index (χ4n) is 4.97. The van der Waals surface area contributed by atoms with Crippen molar-refractivity contribution in [1.29, 1.82) is 0 Å². The average Bonchev–Trinajstić information content (AvgIpc) is 3.01. The lowest BCUT2D eigenvalue weighted by atomic mass is 10.0. The first-order chi connectivity index (χ1) is 20.3. The highest BCUT2D eigenvalue weighted by molar-refractivity contribution is 5.94. The molecule has 218 valence electrons. The van der Waals surface area contributed by atoms with Crippen LogP contribution in [0.3, 0.4) is 0 Å². The molecule has 0 radical (unpaired) electrons. The van der Waals surface area contributed by atoms with Crippen LogP contribution >= 0.6 is 0 Å². The second kappa shape index (κ2) is 12.7. The molecule has 12 nitrogen and oxygen atoms in total. The summed E-state index contributed by atoms with van der Waals surface area (Å²) in [4.78, 5) is 34.6. The summed E-state index contributed by atoms with van der Waals surface area (Å²) in [7, 11) is 4.62. The number of non-ortho nitro benzene ring substituents is 1. The van der Waals surface area contributed by atoms with Gasteiger partial charge in [-0.15, -0.1) is 0 Å². The molecule has 0 saturated carbocycles. The number of likely N-dealkylation sites (tertiary alicyclic amines) is 1. The largest absolute Gasteiger partial charge is 0.497 e. The van der Waals surface area contributed by atoms with Gasteiger partial charge in [-0.2, -0.15) is 4.98 Å². The SMILES string of the molecule is COC(=O)c1ccc(Nc2nc(NC3CCN(Cc4cc(OC)cc(OC)c4)CC3)nc3ccc([N+](=O)[O-])cc23)cc1. The van der Waals surface area contributed by atoms with Gasteiger partial charge in [0.15, 0.2) is 0 Å². The maximum Gasteiger partial charge on any atom is 0.337 e. The van der Waals surface area contributed by atoms with E-state index in [1.54, 1.807) is 44.6 Å². The highest BCUT2D eigenvalue weighted by Gasteiger charge is 2.22. The maximum atomic E-state index is 11.8. The van der Waals surface area contributed by atoms with Crippen LogP contribution in [0.2, 0.25) is 0 Å². The summed E-state index contributed by atoms with van der Waals surface area (Å²) in [5, 5.41) is 18.7. The van der Waals surface area contributed by atoms with Gasteiger partial charge >= 0.3 is 5.97 Å². The van der Waals surface area contributed by atoms with Crippen LogP contribution in [0.25, 0.3) is 10.9 Å². The smallest absolute Gasteiger partial charge is 0.337 e. The second-order valence-corrected chi connectivity index (χ2v) is 9.96. The van der Waals surface area contributed by atoms with Crippen molar-refractivity contribution in [3.05, 3.63) is 81.9 Å². The third-order valence-electron chi connectivity index (χ3n) is 7.20. The Labute approximate surface area is 242 Å². The lowest BCUT2D eigenvalue weighted by Crippen LogP contribution is -2.39. The zero-order chi connectivity index (χ0) is 29.6. The molecule has 1 aromatic heterocycles. The summed E-state index contributed by atoms with van der Waals surface area (Å²) in [5.74, 6) is 1.94. The van der Waals surface area contributed by atoms with E-state index in [0.29, 0.717) is 33.9 Å². The number of hydrogen-bond donors (Lipinski definition) is 2. The van der Waals surface area contributed by atoms with Crippen molar-refractivity contribution in [1.82, 2.24) is 14.9 Å². The van der Waals surface area contributed by atoms with Gasteiger partial charge in [0.25, 0.3) is 5.69 Å². The number of benzene rings is 3. The lowest BCUT2D eigenvalue weighted by Gasteiger charge is -2.32. The molecule has 5 rings (SSSR count). The number of nitro benzene ring substituents is 1. The third-order valence-corrected chi connectivity index (χ3v) is 7.20. The van der Waals surface area contributed by atoms with Gasteiger partial charge in [-0.3, -0.25) is 15.0 Å². The van der Waals surface area contributed by atoms with E-state index < -0.39 is 10.9 Å². The number of carbonyl (C=O) groups is 1. The van der Waals surface area contributed by atoms with Gasteiger partial charge in [-0.25, -0.2) is 9.78 Å². The van der Waals surface area contributed by atoms with Gasteiger partial charge in [0.1, 0.15) is 17.3 Å². The number of nitrogens with zero attached hydrogens (tertiary/aromatic N) is 4. The Morgan fingerprint density at radius 1 is 0.976 bits per heavy atom. The van der Waals surface area contributed by atoms with E-state index >= 15 is 0 Å². The summed E-state index contributed by atoms with van der Waals surface area (Å²) in [6.45, 7) is 2.55. The summed E-state index contributed by atoms with van der Waals surface area (Å²) in [6, 6.07) is 17.3.